The summed E-state index contributed by atoms with van der Waals surface area (Å²) >= 11 is 5.51. The number of rotatable bonds is 2. The van der Waals surface area contributed by atoms with Crippen molar-refractivity contribution < 1.29 is 22.0 Å². The molecule has 0 unspecified atom stereocenters. The van der Waals surface area contributed by atoms with Crippen molar-refractivity contribution in [2.45, 2.75) is 31.7 Å². The van der Waals surface area contributed by atoms with Crippen LogP contribution in [0.2, 0.25) is 5.02 Å². The van der Waals surface area contributed by atoms with Gasteiger partial charge in [-0.3, -0.25) is 4.90 Å². The minimum Gasteiger partial charge on any atom is -0.299 e. The minimum atomic E-state index is -4.57. The molecule has 1 nitrogen and oxygen atoms in total. The fourth-order valence-electron chi connectivity index (χ4n) is 2.23. The van der Waals surface area contributed by atoms with Gasteiger partial charge in [-0.2, -0.15) is 13.2 Å². The van der Waals surface area contributed by atoms with Crippen LogP contribution in [0.3, 0.4) is 0 Å². The summed E-state index contributed by atoms with van der Waals surface area (Å²) in [6, 6.07) is 1.34. The summed E-state index contributed by atoms with van der Waals surface area (Å²) in [5.41, 5.74) is -1.08. The lowest BCUT2D eigenvalue weighted by Crippen LogP contribution is -2.34. The average Bonchev–Trinajstić information content (AvgIpc) is 2.36. The highest BCUT2D eigenvalue weighted by Crippen LogP contribution is 2.34. The first-order valence-electron chi connectivity index (χ1n) is 6.19. The first-order valence-corrected chi connectivity index (χ1v) is 6.56. The van der Waals surface area contributed by atoms with Crippen LogP contribution in [-0.2, 0) is 12.7 Å². The highest BCUT2D eigenvalue weighted by molar-refractivity contribution is 6.30. The number of halogens is 6. The van der Waals surface area contributed by atoms with Crippen molar-refractivity contribution in [2.75, 3.05) is 13.1 Å². The highest BCUT2D eigenvalue weighted by atomic mass is 35.5. The van der Waals surface area contributed by atoms with Crippen LogP contribution >= 0.6 is 11.6 Å². The molecule has 1 aromatic carbocycles. The van der Waals surface area contributed by atoms with E-state index in [9.17, 15) is 22.0 Å². The molecule has 0 spiro atoms. The monoisotopic (exact) mass is 313 g/mol. The van der Waals surface area contributed by atoms with Gasteiger partial charge in [0, 0.05) is 25.2 Å². The maximum absolute atomic E-state index is 13.8. The zero-order valence-electron chi connectivity index (χ0n) is 10.5. The van der Waals surface area contributed by atoms with Crippen molar-refractivity contribution in [1.29, 1.82) is 0 Å². The lowest BCUT2D eigenvalue weighted by Gasteiger charge is -2.28. The van der Waals surface area contributed by atoms with Gasteiger partial charge in [-0.1, -0.05) is 11.6 Å². The topological polar surface area (TPSA) is 3.24 Å². The summed E-state index contributed by atoms with van der Waals surface area (Å²) in [4.78, 5) is 1.73. The first-order chi connectivity index (χ1) is 9.27. The molecule has 0 N–H and O–H groups in total. The van der Waals surface area contributed by atoms with Gasteiger partial charge in [-0.15, -0.1) is 0 Å². The predicted octanol–water partition coefficient (Wildman–Crippen LogP) is 4.43. The molecule has 0 atom stereocenters. The molecule has 1 aliphatic rings. The summed E-state index contributed by atoms with van der Waals surface area (Å²) in [6.07, 6.45) is -4.83. The van der Waals surface area contributed by atoms with Gasteiger partial charge >= 0.3 is 6.18 Å². The van der Waals surface area contributed by atoms with Crippen LogP contribution < -0.4 is 0 Å². The van der Waals surface area contributed by atoms with Crippen LogP contribution in [0.15, 0.2) is 12.1 Å². The molecule has 7 heteroatoms. The lowest BCUT2D eigenvalue weighted by atomic mass is 10.1. The molecule has 1 aliphatic heterocycles. The molecule has 0 bridgehead atoms. The molecular weight excluding hydrogens is 301 g/mol. The van der Waals surface area contributed by atoms with Gasteiger partial charge in [0.2, 0.25) is 0 Å². The third kappa shape index (κ3) is 3.61. The second-order valence-corrected chi connectivity index (χ2v) is 5.29. The fourth-order valence-corrected chi connectivity index (χ4v) is 2.46. The number of nitrogens with zero attached hydrogens (tertiary/aromatic N) is 1. The van der Waals surface area contributed by atoms with Crippen LogP contribution in [0.5, 0.6) is 0 Å². The quantitative estimate of drug-likeness (QED) is 0.730. The van der Waals surface area contributed by atoms with E-state index in [0.29, 0.717) is 32.0 Å². The average molecular weight is 314 g/mol. The molecule has 1 aromatic rings. The van der Waals surface area contributed by atoms with Crippen molar-refractivity contribution in [1.82, 2.24) is 4.90 Å². The molecule has 0 aliphatic carbocycles. The Morgan fingerprint density at radius 1 is 1.20 bits per heavy atom. The maximum atomic E-state index is 13.8. The van der Waals surface area contributed by atoms with E-state index in [1.165, 1.54) is 0 Å². The summed E-state index contributed by atoms with van der Waals surface area (Å²) in [7, 11) is 0. The largest absolute Gasteiger partial charge is 0.416 e. The van der Waals surface area contributed by atoms with Crippen molar-refractivity contribution in [2.24, 2.45) is 0 Å². The molecule has 2 rings (SSSR count). The molecular formula is C13H13ClF5N. The summed E-state index contributed by atoms with van der Waals surface area (Å²) in [5.74, 6) is -0.845. The fraction of sp³-hybridized carbons (Fsp3) is 0.538. The van der Waals surface area contributed by atoms with Gasteiger partial charge in [0.15, 0.2) is 0 Å². The van der Waals surface area contributed by atoms with Crippen molar-refractivity contribution in [3.8, 4) is 0 Å². The Labute approximate surface area is 118 Å². The van der Waals surface area contributed by atoms with Crippen molar-refractivity contribution in [3.63, 3.8) is 0 Å². The molecule has 1 saturated heterocycles. The van der Waals surface area contributed by atoms with Gasteiger partial charge in [-0.05, 0) is 25.0 Å². The smallest absolute Gasteiger partial charge is 0.299 e. The summed E-state index contributed by atoms with van der Waals surface area (Å²) in [6.45, 7) is 0.797. The Balaban J connectivity index is 2.20. The zero-order valence-corrected chi connectivity index (χ0v) is 11.2. The molecule has 1 heterocycles. The Bertz CT molecular complexity index is 480. The lowest BCUT2D eigenvalue weighted by molar-refractivity contribution is -0.137. The van der Waals surface area contributed by atoms with Crippen LogP contribution in [-0.4, -0.2) is 24.2 Å². The Kier molecular flexibility index (Phi) is 4.54. The molecule has 112 valence electrons. The van der Waals surface area contributed by atoms with E-state index in [1.807, 2.05) is 0 Å². The van der Waals surface area contributed by atoms with Crippen LogP contribution in [0, 0.1) is 5.82 Å². The standard InChI is InChI=1S/C13H13ClF5N/c14-11-6-9(13(17,18)19)5-8(12(11)16)7-20-3-1-10(15)2-4-20/h5-6,10H,1-4,7H2. The van der Waals surface area contributed by atoms with Crippen LogP contribution in [0.1, 0.15) is 24.0 Å². The van der Waals surface area contributed by atoms with E-state index in [2.05, 4.69) is 0 Å². The number of benzene rings is 1. The molecule has 1 fully saturated rings. The van der Waals surface area contributed by atoms with Crippen LogP contribution in [0.25, 0.3) is 0 Å². The van der Waals surface area contributed by atoms with E-state index >= 15 is 0 Å². The SMILES string of the molecule is Fc1c(Cl)cc(C(F)(F)F)cc1CN1CCC(F)CC1. The second-order valence-electron chi connectivity index (χ2n) is 4.88. The van der Waals surface area contributed by atoms with Gasteiger partial charge < -0.3 is 0 Å². The Hall–Kier alpha value is -0.880. The molecule has 0 radical (unpaired) electrons. The number of hydrogen-bond donors (Lipinski definition) is 0. The molecule has 0 saturated carbocycles. The van der Waals surface area contributed by atoms with Crippen molar-refractivity contribution >= 4 is 11.6 Å². The maximum Gasteiger partial charge on any atom is 0.416 e. The number of piperidine rings is 1. The summed E-state index contributed by atoms with van der Waals surface area (Å²) in [5, 5.41) is -0.546. The van der Waals surface area contributed by atoms with E-state index in [-0.39, 0.29) is 12.1 Å². The number of hydrogen-bond acceptors (Lipinski definition) is 1. The second kappa shape index (κ2) is 5.85. The summed E-state index contributed by atoms with van der Waals surface area (Å²) < 4.78 is 64.8. The first kappa shape index (κ1) is 15.5. The zero-order chi connectivity index (χ0) is 14.9. The third-order valence-electron chi connectivity index (χ3n) is 3.34. The van der Waals surface area contributed by atoms with E-state index in [1.54, 1.807) is 4.90 Å². The molecule has 20 heavy (non-hydrogen) atoms. The Morgan fingerprint density at radius 3 is 2.35 bits per heavy atom. The predicted molar refractivity (Wildman–Crippen MR) is 65.8 cm³/mol. The third-order valence-corrected chi connectivity index (χ3v) is 3.62. The van der Waals surface area contributed by atoms with Gasteiger partial charge in [0.25, 0.3) is 0 Å². The highest BCUT2D eigenvalue weighted by Gasteiger charge is 2.32. The van der Waals surface area contributed by atoms with Crippen LogP contribution in [0.4, 0.5) is 22.0 Å². The Morgan fingerprint density at radius 2 is 1.80 bits per heavy atom. The van der Waals surface area contributed by atoms with Gasteiger partial charge in [-0.25, -0.2) is 8.78 Å². The van der Waals surface area contributed by atoms with Gasteiger partial charge in [0.1, 0.15) is 12.0 Å². The van der Waals surface area contributed by atoms with E-state index < -0.39 is 28.8 Å². The molecule has 0 aromatic heterocycles. The van der Waals surface area contributed by atoms with E-state index in [4.69, 9.17) is 11.6 Å². The van der Waals surface area contributed by atoms with Gasteiger partial charge in [0.05, 0.1) is 10.6 Å². The van der Waals surface area contributed by atoms with Crippen molar-refractivity contribution in [3.05, 3.63) is 34.1 Å². The number of likely N-dealkylation sites (tertiary alicyclic amines) is 1. The van der Waals surface area contributed by atoms with E-state index in [0.717, 1.165) is 6.07 Å². The molecule has 0 amide bonds. The minimum absolute atomic E-state index is 0.00218. The number of alkyl halides is 4. The normalized spacial score (nSPS) is 18.5.